The van der Waals surface area contributed by atoms with E-state index in [2.05, 4.69) is 11.9 Å². The first-order chi connectivity index (χ1) is 26.6. The minimum Gasteiger partial charge on any atom is -0.508 e. The van der Waals surface area contributed by atoms with Crippen LogP contribution in [0.4, 0.5) is 5.69 Å². The van der Waals surface area contributed by atoms with Crippen molar-refractivity contribution in [3.8, 4) is 11.5 Å². The molecule has 5 aromatic rings. The van der Waals surface area contributed by atoms with Crippen molar-refractivity contribution in [3.05, 3.63) is 138 Å². The number of amides is 4. The summed E-state index contributed by atoms with van der Waals surface area (Å²) in [4.78, 5) is 59.8. The number of hydrazine groups is 1. The lowest BCUT2D eigenvalue weighted by atomic mass is 9.97. The predicted octanol–water partition coefficient (Wildman–Crippen LogP) is 5.13. The summed E-state index contributed by atoms with van der Waals surface area (Å²) < 4.78 is 7.13. The van der Waals surface area contributed by atoms with Crippen molar-refractivity contribution < 1.29 is 29.0 Å². The Bertz CT molecular complexity index is 2220. The van der Waals surface area contributed by atoms with E-state index in [1.807, 2.05) is 60.1 Å². The molecule has 0 unspecified atom stereocenters. The van der Waals surface area contributed by atoms with E-state index in [1.165, 1.54) is 0 Å². The fraction of sp³-hybridized carbons (Fsp3) is 0.256. The van der Waals surface area contributed by atoms with Crippen LogP contribution in [-0.2, 0) is 40.8 Å². The molecule has 2 aliphatic rings. The number of para-hydroxylation sites is 1. The Morgan fingerprint density at radius 1 is 0.945 bits per heavy atom. The highest BCUT2D eigenvalue weighted by Crippen LogP contribution is 2.32. The fourth-order valence-corrected chi connectivity index (χ4v) is 7.71. The molecule has 0 radical (unpaired) electrons. The highest BCUT2D eigenvalue weighted by molar-refractivity contribution is 6.13. The average Bonchev–Trinajstić information content (AvgIpc) is 3.54. The Morgan fingerprint density at radius 2 is 1.69 bits per heavy atom. The molecule has 0 aliphatic carbocycles. The number of nitrogens with one attached hydrogen (secondary N) is 1. The number of ether oxygens (including phenoxy) is 1. The predicted molar refractivity (Wildman–Crippen MR) is 209 cm³/mol. The minimum atomic E-state index is -0.912. The van der Waals surface area contributed by atoms with Gasteiger partial charge in [0, 0.05) is 50.2 Å². The monoisotopic (exact) mass is 740 g/mol. The van der Waals surface area contributed by atoms with Crippen LogP contribution in [0.15, 0.2) is 116 Å². The Kier molecular flexibility index (Phi) is 10.7. The zero-order valence-corrected chi connectivity index (χ0v) is 30.9. The molecule has 282 valence electrons. The van der Waals surface area contributed by atoms with Crippen LogP contribution in [0.5, 0.6) is 11.5 Å². The fourth-order valence-electron chi connectivity index (χ4n) is 7.71. The second-order valence-corrected chi connectivity index (χ2v) is 13.9. The van der Waals surface area contributed by atoms with Crippen molar-refractivity contribution in [2.45, 2.75) is 38.0 Å². The number of aryl methyl sites for hydroxylation is 2. The second kappa shape index (κ2) is 15.9. The molecular weight excluding hydrogens is 697 g/mol. The van der Waals surface area contributed by atoms with Crippen molar-refractivity contribution in [1.29, 1.82) is 0 Å². The Morgan fingerprint density at radius 3 is 2.40 bits per heavy atom. The molecule has 2 aliphatic heterocycles. The highest BCUT2D eigenvalue weighted by Gasteiger charge is 2.51. The number of hydrogen-bond acceptors (Lipinski definition) is 7. The van der Waals surface area contributed by atoms with Gasteiger partial charge in [0.15, 0.2) is 0 Å². The molecule has 1 aromatic heterocycles. The molecule has 0 saturated carbocycles. The molecule has 0 bridgehead atoms. The number of aromatic hydroxyl groups is 1. The number of phenols is 1. The van der Waals surface area contributed by atoms with Crippen molar-refractivity contribution in [3.63, 3.8) is 0 Å². The number of piperazine rings is 1. The minimum absolute atomic E-state index is 0.0764. The van der Waals surface area contributed by atoms with Crippen LogP contribution in [0, 0.1) is 0 Å². The number of fused-ring (bicyclic) bond motifs is 2. The maximum absolute atomic E-state index is 14.6. The molecule has 4 aromatic carbocycles. The number of hydrogen-bond donors (Lipinski definition) is 2. The number of benzene rings is 4. The summed E-state index contributed by atoms with van der Waals surface area (Å²) in [6.07, 6.45) is 3.58. The van der Waals surface area contributed by atoms with E-state index in [1.54, 1.807) is 87.7 Å². The Labute approximate surface area is 319 Å². The van der Waals surface area contributed by atoms with Gasteiger partial charge < -0.3 is 29.5 Å². The van der Waals surface area contributed by atoms with Gasteiger partial charge in [0.1, 0.15) is 23.7 Å². The van der Waals surface area contributed by atoms with Crippen molar-refractivity contribution in [2.24, 2.45) is 7.05 Å². The largest absolute Gasteiger partial charge is 0.508 e. The molecule has 2 saturated heterocycles. The lowest BCUT2D eigenvalue weighted by Crippen LogP contribution is -2.75. The van der Waals surface area contributed by atoms with Crippen LogP contribution < -0.4 is 10.1 Å². The van der Waals surface area contributed by atoms with E-state index < -0.39 is 12.2 Å². The Hall–Kier alpha value is -6.40. The number of carbonyl (C=O) groups excluding carboxylic acids is 4. The number of anilines is 1. The maximum atomic E-state index is 14.6. The van der Waals surface area contributed by atoms with E-state index in [0.717, 1.165) is 27.6 Å². The zero-order valence-electron chi connectivity index (χ0n) is 30.9. The second-order valence-electron chi connectivity index (χ2n) is 13.9. The zero-order chi connectivity index (χ0) is 38.6. The maximum Gasteiger partial charge on any atom is 0.257 e. The van der Waals surface area contributed by atoms with E-state index in [9.17, 15) is 24.3 Å². The third-order valence-electron chi connectivity index (χ3n) is 10.3. The summed E-state index contributed by atoms with van der Waals surface area (Å²) in [6.45, 7) is 4.33. The van der Waals surface area contributed by atoms with Crippen LogP contribution in [0.1, 0.15) is 33.5 Å². The van der Waals surface area contributed by atoms with Gasteiger partial charge in [-0.25, -0.2) is 10.0 Å². The number of nitrogens with zero attached hydrogens (tertiary/aromatic N) is 5. The van der Waals surface area contributed by atoms with E-state index in [-0.39, 0.29) is 68.4 Å². The van der Waals surface area contributed by atoms with Crippen molar-refractivity contribution in [1.82, 2.24) is 24.4 Å². The van der Waals surface area contributed by atoms with Crippen LogP contribution in [-0.4, -0.2) is 92.1 Å². The molecular formula is C43H44N6O6. The topological polar surface area (TPSA) is 128 Å². The molecule has 12 heteroatoms. The van der Waals surface area contributed by atoms with Crippen LogP contribution in [0.3, 0.4) is 0 Å². The van der Waals surface area contributed by atoms with Gasteiger partial charge in [0.2, 0.25) is 17.7 Å². The molecule has 2 fully saturated rings. The van der Waals surface area contributed by atoms with Gasteiger partial charge >= 0.3 is 0 Å². The van der Waals surface area contributed by atoms with Crippen molar-refractivity contribution >= 4 is 40.2 Å². The highest BCUT2D eigenvalue weighted by atomic mass is 16.5. The molecule has 4 amide bonds. The lowest BCUT2D eigenvalue weighted by Gasteiger charge is -2.55. The van der Waals surface area contributed by atoms with Gasteiger partial charge in [-0.1, -0.05) is 66.7 Å². The first kappa shape index (κ1) is 36.9. The van der Waals surface area contributed by atoms with Gasteiger partial charge in [-0.3, -0.25) is 19.2 Å². The van der Waals surface area contributed by atoms with Gasteiger partial charge in [-0.15, -0.1) is 6.58 Å². The first-order valence-corrected chi connectivity index (χ1v) is 18.3. The third kappa shape index (κ3) is 7.67. The van der Waals surface area contributed by atoms with E-state index in [0.29, 0.717) is 23.4 Å². The molecule has 2 N–H and O–H groups in total. The van der Waals surface area contributed by atoms with Gasteiger partial charge in [0.05, 0.1) is 31.3 Å². The lowest BCUT2D eigenvalue weighted by molar-refractivity contribution is -0.205. The SMILES string of the molecule is C=CCN1CC(=O)N2[C@@H](Cc3ccc(O)cc3)C(=O)N(Cc3cccc4c(C(=O)Nc5ccc(OC)cc5)cn(C)c34)C[C@@H]2N1C(=O)CCc1ccccc1. The summed E-state index contributed by atoms with van der Waals surface area (Å²) in [5.74, 6) is -0.181. The quantitative estimate of drug-likeness (QED) is 0.170. The number of carbonyl (C=O) groups is 4. The summed E-state index contributed by atoms with van der Waals surface area (Å²) in [5, 5.41) is 17.0. The van der Waals surface area contributed by atoms with Gasteiger partial charge in [-0.2, -0.15) is 0 Å². The first-order valence-electron chi connectivity index (χ1n) is 18.3. The van der Waals surface area contributed by atoms with Gasteiger partial charge in [-0.05, 0) is 59.5 Å². The number of phenolic OH excluding ortho intramolecular Hbond substituents is 1. The molecule has 12 nitrogen and oxygen atoms in total. The van der Waals surface area contributed by atoms with Gasteiger partial charge in [0.25, 0.3) is 5.91 Å². The van der Waals surface area contributed by atoms with E-state index >= 15 is 0 Å². The third-order valence-corrected chi connectivity index (χ3v) is 10.3. The molecule has 55 heavy (non-hydrogen) atoms. The molecule has 7 rings (SSSR count). The Balaban J connectivity index is 1.23. The molecule has 3 heterocycles. The van der Waals surface area contributed by atoms with Crippen LogP contribution >= 0.6 is 0 Å². The number of aromatic nitrogens is 1. The summed E-state index contributed by atoms with van der Waals surface area (Å²) in [7, 11) is 3.45. The van der Waals surface area contributed by atoms with Crippen LogP contribution in [0.2, 0.25) is 0 Å². The molecule has 0 spiro atoms. The number of methoxy groups -OCH3 is 1. The smallest absolute Gasteiger partial charge is 0.257 e. The standard InChI is InChI=1S/C43H44N6O6/c1-4-23-47-28-40(52)48-37(24-30-13-18-33(50)19-14-30)43(54)46(27-38(48)49(47)39(51)22-15-29-9-6-5-7-10-29)25-31-11-8-12-35-36(26-45(2)41(31)35)42(53)44-32-16-20-34(55-3)21-17-32/h4-14,16-21,26,37-38,50H,1,15,22-25,27-28H2,2-3H3,(H,44,53)/t37-,38-/m0/s1. The normalized spacial score (nSPS) is 17.3. The number of rotatable bonds is 12. The van der Waals surface area contributed by atoms with Crippen LogP contribution in [0.25, 0.3) is 10.9 Å². The summed E-state index contributed by atoms with van der Waals surface area (Å²) in [5.41, 5.74) is 4.48. The van der Waals surface area contributed by atoms with E-state index in [4.69, 9.17) is 4.74 Å². The average molecular weight is 741 g/mol. The summed E-state index contributed by atoms with van der Waals surface area (Å²) in [6, 6.07) is 28.2. The summed E-state index contributed by atoms with van der Waals surface area (Å²) >= 11 is 0. The molecule has 2 atom stereocenters. The van der Waals surface area contributed by atoms with Crippen molar-refractivity contribution in [2.75, 3.05) is 32.1 Å².